The van der Waals surface area contributed by atoms with Crippen LogP contribution in [0.5, 0.6) is 0 Å². The third-order valence-corrected chi connectivity index (χ3v) is 4.33. The van der Waals surface area contributed by atoms with E-state index in [0.717, 1.165) is 12.8 Å². The maximum atomic E-state index is 12.5. The molecule has 0 aromatic heterocycles. The van der Waals surface area contributed by atoms with Gasteiger partial charge in [0, 0.05) is 12.5 Å². The maximum absolute atomic E-state index is 12.5. The number of benzene rings is 1. The van der Waals surface area contributed by atoms with Crippen molar-refractivity contribution in [1.82, 2.24) is 4.90 Å². The molecule has 1 fully saturated rings. The predicted octanol–water partition coefficient (Wildman–Crippen LogP) is 4.58. The van der Waals surface area contributed by atoms with Crippen LogP contribution in [0.3, 0.4) is 0 Å². The van der Waals surface area contributed by atoms with Crippen molar-refractivity contribution in [3.05, 3.63) is 35.9 Å². The molecule has 1 aromatic carbocycles. The summed E-state index contributed by atoms with van der Waals surface area (Å²) in [6.07, 6.45) is 1.80. The minimum atomic E-state index is -0.448. The zero-order chi connectivity index (χ0) is 15.7. The number of nitrogens with zero attached hydrogens (tertiary/aromatic N) is 1. The second kappa shape index (κ2) is 5.70. The molecule has 3 heteroatoms. The van der Waals surface area contributed by atoms with Crippen LogP contribution in [-0.4, -0.2) is 28.7 Å². The van der Waals surface area contributed by atoms with Gasteiger partial charge in [-0.3, -0.25) is 0 Å². The van der Waals surface area contributed by atoms with Crippen LogP contribution in [0.15, 0.2) is 30.3 Å². The summed E-state index contributed by atoms with van der Waals surface area (Å²) in [5, 5.41) is 0. The average molecular weight is 289 g/mol. The zero-order valence-corrected chi connectivity index (χ0v) is 13.8. The van der Waals surface area contributed by atoms with Crippen LogP contribution < -0.4 is 0 Å². The minimum Gasteiger partial charge on any atom is -0.444 e. The molecule has 0 spiro atoms. The third kappa shape index (κ3) is 3.22. The predicted molar refractivity (Wildman–Crippen MR) is 85.4 cm³/mol. The molecule has 2 atom stereocenters. The number of rotatable bonds is 4. The van der Waals surface area contributed by atoms with Crippen LogP contribution in [0.2, 0.25) is 0 Å². The Bertz CT molecular complexity index is 492. The van der Waals surface area contributed by atoms with Crippen molar-refractivity contribution in [2.75, 3.05) is 6.54 Å². The van der Waals surface area contributed by atoms with Gasteiger partial charge in [-0.2, -0.15) is 0 Å². The van der Waals surface area contributed by atoms with E-state index in [2.05, 4.69) is 31.2 Å². The molecule has 1 amide bonds. The molecular formula is C18H27NO2. The molecule has 1 aliphatic rings. The van der Waals surface area contributed by atoms with Gasteiger partial charge < -0.3 is 9.64 Å². The number of likely N-dealkylation sites (N-methyl/N-ethyl adjacent to an activating group) is 1. The number of carbonyl (C=O) groups excluding carboxylic acids is 1. The Labute approximate surface area is 128 Å². The number of amides is 1. The van der Waals surface area contributed by atoms with Gasteiger partial charge in [0.2, 0.25) is 0 Å². The van der Waals surface area contributed by atoms with E-state index >= 15 is 0 Å². The lowest BCUT2D eigenvalue weighted by atomic mass is 10.0. The van der Waals surface area contributed by atoms with Crippen LogP contribution in [0.25, 0.3) is 0 Å². The SMILES string of the molecule is CCN(C(=O)OC(C)(C)C)[C@]1(CC)C[C@@H]1c1ccccc1. The lowest BCUT2D eigenvalue weighted by Gasteiger charge is -2.33. The smallest absolute Gasteiger partial charge is 0.410 e. The summed E-state index contributed by atoms with van der Waals surface area (Å²) in [5.41, 5.74) is 0.802. The van der Waals surface area contributed by atoms with Crippen molar-refractivity contribution in [1.29, 1.82) is 0 Å². The van der Waals surface area contributed by atoms with Gasteiger partial charge in [-0.05, 0) is 46.1 Å². The van der Waals surface area contributed by atoms with Crippen LogP contribution >= 0.6 is 0 Å². The van der Waals surface area contributed by atoms with E-state index in [4.69, 9.17) is 4.74 Å². The van der Waals surface area contributed by atoms with E-state index in [0.29, 0.717) is 12.5 Å². The maximum Gasteiger partial charge on any atom is 0.410 e. The quantitative estimate of drug-likeness (QED) is 0.812. The summed E-state index contributed by atoms with van der Waals surface area (Å²) in [4.78, 5) is 14.4. The Kier molecular flexibility index (Phi) is 4.31. The number of hydrogen-bond acceptors (Lipinski definition) is 2. The van der Waals surface area contributed by atoms with E-state index in [-0.39, 0.29) is 11.6 Å². The molecule has 0 radical (unpaired) electrons. The van der Waals surface area contributed by atoms with E-state index in [9.17, 15) is 4.79 Å². The molecular weight excluding hydrogens is 262 g/mol. The molecule has 0 aliphatic heterocycles. The van der Waals surface area contributed by atoms with E-state index in [1.165, 1.54) is 5.56 Å². The van der Waals surface area contributed by atoms with Gasteiger partial charge in [0.05, 0.1) is 5.54 Å². The topological polar surface area (TPSA) is 29.5 Å². The fraction of sp³-hybridized carbons (Fsp3) is 0.611. The largest absolute Gasteiger partial charge is 0.444 e. The molecule has 1 saturated carbocycles. The van der Waals surface area contributed by atoms with Gasteiger partial charge in [-0.25, -0.2) is 4.79 Å². The van der Waals surface area contributed by atoms with Crippen molar-refractivity contribution in [3.8, 4) is 0 Å². The molecule has 1 aliphatic carbocycles. The summed E-state index contributed by atoms with van der Waals surface area (Å²) < 4.78 is 5.59. The van der Waals surface area contributed by atoms with Gasteiger partial charge in [-0.1, -0.05) is 37.3 Å². The highest BCUT2D eigenvalue weighted by Gasteiger charge is 2.59. The fourth-order valence-corrected chi connectivity index (χ4v) is 3.23. The molecule has 0 heterocycles. The summed E-state index contributed by atoms with van der Waals surface area (Å²) >= 11 is 0. The van der Waals surface area contributed by atoms with Crippen molar-refractivity contribution in [3.63, 3.8) is 0 Å². The molecule has 0 bridgehead atoms. The van der Waals surface area contributed by atoms with Crippen LogP contribution in [0.1, 0.15) is 58.9 Å². The summed E-state index contributed by atoms with van der Waals surface area (Å²) in [6, 6.07) is 10.5. The molecule has 1 aromatic rings. The van der Waals surface area contributed by atoms with Crippen molar-refractivity contribution in [2.24, 2.45) is 0 Å². The third-order valence-electron chi connectivity index (χ3n) is 4.33. The highest BCUT2D eigenvalue weighted by atomic mass is 16.6. The Morgan fingerprint density at radius 3 is 2.38 bits per heavy atom. The first-order valence-corrected chi connectivity index (χ1v) is 7.89. The van der Waals surface area contributed by atoms with E-state index < -0.39 is 5.60 Å². The number of carbonyl (C=O) groups is 1. The first-order valence-electron chi connectivity index (χ1n) is 7.89. The molecule has 21 heavy (non-hydrogen) atoms. The van der Waals surface area contributed by atoms with Crippen LogP contribution in [0.4, 0.5) is 4.79 Å². The molecule has 0 N–H and O–H groups in total. The highest BCUT2D eigenvalue weighted by molar-refractivity contribution is 5.70. The molecule has 116 valence electrons. The van der Waals surface area contributed by atoms with Crippen LogP contribution in [0, 0.1) is 0 Å². The number of hydrogen-bond donors (Lipinski definition) is 0. The monoisotopic (exact) mass is 289 g/mol. The van der Waals surface area contributed by atoms with Gasteiger partial charge in [0.25, 0.3) is 0 Å². The Morgan fingerprint density at radius 2 is 1.90 bits per heavy atom. The van der Waals surface area contributed by atoms with Crippen LogP contribution in [-0.2, 0) is 4.74 Å². The second-order valence-corrected chi connectivity index (χ2v) is 6.85. The average Bonchev–Trinajstić information content (AvgIpc) is 3.14. The van der Waals surface area contributed by atoms with Gasteiger partial charge >= 0.3 is 6.09 Å². The number of ether oxygens (including phenoxy) is 1. The molecule has 0 unspecified atom stereocenters. The van der Waals surface area contributed by atoms with Crippen molar-refractivity contribution < 1.29 is 9.53 Å². The first kappa shape index (κ1) is 15.9. The lowest BCUT2D eigenvalue weighted by molar-refractivity contribution is 0.0129. The summed E-state index contributed by atoms with van der Waals surface area (Å²) in [5.74, 6) is 0.427. The zero-order valence-electron chi connectivity index (χ0n) is 13.8. The standard InChI is InChI=1S/C18H27NO2/c1-6-18(13-15(18)14-11-9-8-10-12-14)19(7-2)16(20)21-17(3,4)5/h8-12,15H,6-7,13H2,1-5H3/t15-,18-/m1/s1. The molecule has 3 nitrogen and oxygen atoms in total. The first-order chi connectivity index (χ1) is 9.84. The molecule has 2 rings (SSSR count). The fourth-order valence-electron chi connectivity index (χ4n) is 3.23. The normalized spacial score (nSPS) is 24.5. The highest BCUT2D eigenvalue weighted by Crippen LogP contribution is 2.57. The van der Waals surface area contributed by atoms with Gasteiger partial charge in [-0.15, -0.1) is 0 Å². The Morgan fingerprint density at radius 1 is 1.29 bits per heavy atom. The Hall–Kier alpha value is -1.51. The van der Waals surface area contributed by atoms with Crippen molar-refractivity contribution in [2.45, 2.75) is 64.5 Å². The Balaban J connectivity index is 2.19. The van der Waals surface area contributed by atoms with Gasteiger partial charge in [0.15, 0.2) is 0 Å². The summed E-state index contributed by atoms with van der Waals surface area (Å²) in [7, 11) is 0. The second-order valence-electron chi connectivity index (χ2n) is 6.85. The van der Waals surface area contributed by atoms with E-state index in [1.807, 2.05) is 38.7 Å². The molecule has 0 saturated heterocycles. The summed E-state index contributed by atoms with van der Waals surface area (Å²) in [6.45, 7) is 10.6. The lowest BCUT2D eigenvalue weighted by Crippen LogP contribution is -2.45. The van der Waals surface area contributed by atoms with E-state index in [1.54, 1.807) is 0 Å². The van der Waals surface area contributed by atoms with Crippen molar-refractivity contribution >= 4 is 6.09 Å². The minimum absolute atomic E-state index is 0.0710. The van der Waals surface area contributed by atoms with Gasteiger partial charge in [0.1, 0.15) is 5.60 Å².